The van der Waals surface area contributed by atoms with E-state index in [-0.39, 0.29) is 40.5 Å². The fraction of sp³-hybridized carbons (Fsp3) is 0.208. The Morgan fingerprint density at radius 3 is 2.69 bits per heavy atom. The molecule has 3 aromatic rings. The number of allylic oxidation sites excluding steroid dienone is 1. The van der Waals surface area contributed by atoms with E-state index in [2.05, 4.69) is 4.99 Å². The zero-order chi connectivity index (χ0) is 24.7. The van der Waals surface area contributed by atoms with Crippen LogP contribution in [0.4, 0.5) is 5.69 Å². The van der Waals surface area contributed by atoms with Crippen molar-refractivity contribution >= 4 is 29.1 Å². The lowest BCUT2D eigenvalue weighted by molar-refractivity contribution is -0.385. The van der Waals surface area contributed by atoms with E-state index in [4.69, 9.17) is 14.2 Å². The number of hydrogen-bond donors (Lipinski definition) is 0. The van der Waals surface area contributed by atoms with E-state index in [0.29, 0.717) is 21.8 Å². The number of rotatable bonds is 5. The van der Waals surface area contributed by atoms with Gasteiger partial charge in [-0.1, -0.05) is 41.7 Å². The quantitative estimate of drug-likeness (QED) is 0.304. The van der Waals surface area contributed by atoms with Crippen LogP contribution in [0.3, 0.4) is 0 Å². The summed E-state index contributed by atoms with van der Waals surface area (Å²) in [5.41, 5.74) is 0.978. The van der Waals surface area contributed by atoms with Crippen LogP contribution in [0.1, 0.15) is 31.0 Å². The van der Waals surface area contributed by atoms with Gasteiger partial charge in [0.15, 0.2) is 16.3 Å². The number of carbonyl (C=O) groups excluding carboxylic acids is 1. The fourth-order valence-electron chi connectivity index (χ4n) is 4.10. The summed E-state index contributed by atoms with van der Waals surface area (Å²) < 4.78 is 17.5. The lowest BCUT2D eigenvalue weighted by Crippen LogP contribution is -2.39. The first-order valence-corrected chi connectivity index (χ1v) is 11.5. The molecule has 1 atom stereocenters. The van der Waals surface area contributed by atoms with Crippen LogP contribution in [0.25, 0.3) is 6.08 Å². The normalized spacial score (nSPS) is 16.6. The molecule has 0 N–H and O–H groups in total. The molecule has 0 aliphatic carbocycles. The molecule has 5 rings (SSSR count). The molecule has 0 bridgehead atoms. The van der Waals surface area contributed by atoms with Crippen molar-refractivity contribution in [2.24, 2.45) is 4.99 Å². The molecular formula is C24H19N3O7S. The third kappa shape index (κ3) is 3.89. The van der Waals surface area contributed by atoms with Crippen LogP contribution in [0.15, 0.2) is 63.5 Å². The summed E-state index contributed by atoms with van der Waals surface area (Å²) in [5, 5.41) is 11.7. The zero-order valence-electron chi connectivity index (χ0n) is 18.7. The van der Waals surface area contributed by atoms with Gasteiger partial charge in [-0.2, -0.15) is 0 Å². The van der Waals surface area contributed by atoms with Gasteiger partial charge in [0.05, 0.1) is 45.0 Å². The number of esters is 1. The van der Waals surface area contributed by atoms with Crippen LogP contribution >= 0.6 is 11.3 Å². The Bertz CT molecular complexity index is 1570. The Morgan fingerprint density at radius 2 is 2.00 bits per heavy atom. The third-order valence-electron chi connectivity index (χ3n) is 5.64. The van der Waals surface area contributed by atoms with Crippen molar-refractivity contribution in [1.82, 2.24) is 4.57 Å². The number of thiazole rings is 1. The van der Waals surface area contributed by atoms with E-state index in [0.717, 1.165) is 11.3 Å². The summed E-state index contributed by atoms with van der Waals surface area (Å²) in [5.74, 6) is 0.0783. The van der Waals surface area contributed by atoms with E-state index >= 15 is 0 Å². The zero-order valence-corrected chi connectivity index (χ0v) is 19.5. The summed E-state index contributed by atoms with van der Waals surface area (Å²) in [7, 11) is 0. The molecule has 0 fully saturated rings. The lowest BCUT2D eigenvalue weighted by Gasteiger charge is -2.24. The Labute approximate surface area is 202 Å². The molecule has 0 saturated carbocycles. The van der Waals surface area contributed by atoms with Crippen molar-refractivity contribution in [3.05, 3.63) is 94.7 Å². The van der Waals surface area contributed by atoms with Gasteiger partial charge in [-0.15, -0.1) is 0 Å². The minimum Gasteiger partial charge on any atom is -0.463 e. The summed E-state index contributed by atoms with van der Waals surface area (Å²) in [6, 6.07) is 11.1. The average molecular weight is 493 g/mol. The van der Waals surface area contributed by atoms with Gasteiger partial charge in [-0.05, 0) is 31.6 Å². The highest BCUT2D eigenvalue weighted by Crippen LogP contribution is 2.38. The highest BCUT2D eigenvalue weighted by atomic mass is 32.1. The molecule has 3 heterocycles. The first-order chi connectivity index (χ1) is 16.9. The molecule has 2 aliphatic rings. The molecule has 2 aliphatic heterocycles. The van der Waals surface area contributed by atoms with Crippen molar-refractivity contribution in [2.45, 2.75) is 19.9 Å². The van der Waals surface area contributed by atoms with Gasteiger partial charge >= 0.3 is 5.97 Å². The highest BCUT2D eigenvalue weighted by molar-refractivity contribution is 7.07. The maximum atomic E-state index is 13.6. The largest absolute Gasteiger partial charge is 0.463 e. The predicted octanol–water partition coefficient (Wildman–Crippen LogP) is 2.44. The molecule has 0 saturated heterocycles. The second kappa shape index (κ2) is 8.84. The minimum atomic E-state index is -0.750. The van der Waals surface area contributed by atoms with Crippen LogP contribution in [0, 0.1) is 10.1 Å². The molecule has 2 aromatic carbocycles. The third-order valence-corrected chi connectivity index (χ3v) is 6.62. The molecule has 1 aromatic heterocycles. The Morgan fingerprint density at radius 1 is 1.29 bits per heavy atom. The maximum absolute atomic E-state index is 13.6. The molecule has 0 spiro atoms. The maximum Gasteiger partial charge on any atom is 0.338 e. The molecule has 35 heavy (non-hydrogen) atoms. The summed E-state index contributed by atoms with van der Waals surface area (Å²) in [6.45, 7) is 3.54. The van der Waals surface area contributed by atoms with Crippen LogP contribution in [0.2, 0.25) is 0 Å². The van der Waals surface area contributed by atoms with Gasteiger partial charge in [0, 0.05) is 0 Å². The van der Waals surface area contributed by atoms with Gasteiger partial charge in [0.1, 0.15) is 0 Å². The first-order valence-electron chi connectivity index (χ1n) is 10.7. The van der Waals surface area contributed by atoms with Crippen LogP contribution in [0.5, 0.6) is 11.5 Å². The average Bonchev–Trinajstić information content (AvgIpc) is 3.42. The van der Waals surface area contributed by atoms with Crippen molar-refractivity contribution in [2.75, 3.05) is 13.4 Å². The van der Waals surface area contributed by atoms with Gasteiger partial charge in [0.2, 0.25) is 6.79 Å². The van der Waals surface area contributed by atoms with Gasteiger partial charge in [0.25, 0.3) is 11.2 Å². The van der Waals surface area contributed by atoms with Crippen molar-refractivity contribution in [3.8, 4) is 11.5 Å². The minimum absolute atomic E-state index is 0.0366. The monoisotopic (exact) mass is 493 g/mol. The van der Waals surface area contributed by atoms with E-state index < -0.39 is 22.5 Å². The fourth-order valence-corrected chi connectivity index (χ4v) is 5.14. The Balaban J connectivity index is 1.73. The molecule has 11 heteroatoms. The predicted molar refractivity (Wildman–Crippen MR) is 126 cm³/mol. The number of carbonyl (C=O) groups is 1. The summed E-state index contributed by atoms with van der Waals surface area (Å²) in [4.78, 5) is 42.5. The number of aromatic nitrogens is 1. The second-order valence-corrected chi connectivity index (χ2v) is 8.74. The summed E-state index contributed by atoms with van der Waals surface area (Å²) in [6.07, 6.45) is 1.44. The van der Waals surface area contributed by atoms with Crippen LogP contribution < -0.4 is 24.4 Å². The van der Waals surface area contributed by atoms with Gasteiger partial charge < -0.3 is 14.2 Å². The first kappa shape index (κ1) is 22.5. The molecule has 10 nitrogen and oxygen atoms in total. The number of nitro groups is 1. The van der Waals surface area contributed by atoms with E-state index in [1.165, 1.54) is 22.8 Å². The smallest absolute Gasteiger partial charge is 0.338 e. The number of nitrogens with zero attached hydrogens (tertiary/aromatic N) is 3. The van der Waals surface area contributed by atoms with Crippen molar-refractivity contribution < 1.29 is 23.9 Å². The number of nitro benzene ring substituents is 1. The molecule has 178 valence electrons. The highest BCUT2D eigenvalue weighted by Gasteiger charge is 2.33. The van der Waals surface area contributed by atoms with Gasteiger partial charge in [-0.3, -0.25) is 19.5 Å². The summed E-state index contributed by atoms with van der Waals surface area (Å²) >= 11 is 1.09. The van der Waals surface area contributed by atoms with E-state index in [1.54, 1.807) is 13.8 Å². The lowest BCUT2D eigenvalue weighted by atomic mass is 9.96. The van der Waals surface area contributed by atoms with Crippen molar-refractivity contribution in [3.63, 3.8) is 0 Å². The van der Waals surface area contributed by atoms with E-state index in [1.807, 2.05) is 30.3 Å². The van der Waals surface area contributed by atoms with Crippen LogP contribution in [-0.2, 0) is 9.53 Å². The van der Waals surface area contributed by atoms with Crippen molar-refractivity contribution in [1.29, 1.82) is 0 Å². The Kier molecular flexibility index (Phi) is 5.69. The van der Waals surface area contributed by atoms with Gasteiger partial charge in [-0.25, -0.2) is 9.79 Å². The topological polar surface area (TPSA) is 122 Å². The van der Waals surface area contributed by atoms with E-state index in [9.17, 15) is 19.7 Å². The second-order valence-electron chi connectivity index (χ2n) is 7.73. The molecular weight excluding hydrogens is 474 g/mol. The molecule has 0 unspecified atom stereocenters. The number of benzene rings is 2. The molecule has 0 amide bonds. The SMILES string of the molecule is CCOC(=O)C1=C(C)N=c2s/c(=C\c3cc4c(cc3[N+](=O)[O-])OCO4)c(=O)n2[C@H]1c1ccccc1. The number of hydrogen-bond acceptors (Lipinski definition) is 9. The molecule has 0 radical (unpaired) electrons. The number of fused-ring (bicyclic) bond motifs is 2. The standard InChI is InChI=1S/C24H19N3O7S/c1-3-32-23(29)20-13(2)25-24-26(21(20)14-7-5-4-6-8-14)22(28)19(35-24)10-15-9-17-18(34-12-33-17)11-16(15)27(30)31/h4-11,21H,3,12H2,1-2H3/b19-10-/t21-/m0/s1. The van der Waals surface area contributed by atoms with Crippen LogP contribution in [-0.4, -0.2) is 28.9 Å². The Hall–Kier alpha value is -4.25. The number of ether oxygens (including phenoxy) is 3.